The molecule has 25 heavy (non-hydrogen) atoms. The van der Waals surface area contributed by atoms with E-state index in [2.05, 4.69) is 20.1 Å². The van der Waals surface area contributed by atoms with E-state index in [9.17, 15) is 8.42 Å². The summed E-state index contributed by atoms with van der Waals surface area (Å²) in [7, 11) is -0.237. The predicted octanol–water partition coefficient (Wildman–Crippen LogP) is 0.745. The Kier molecular flexibility index (Phi) is 6.05. The number of methoxy groups -OCH3 is 1. The van der Waals surface area contributed by atoms with Crippen molar-refractivity contribution >= 4 is 33.5 Å². The number of nitrogens with zero attached hydrogens (tertiary/aromatic N) is 3. The van der Waals surface area contributed by atoms with Crippen LogP contribution in [0.5, 0.6) is 0 Å². The standard InChI is InChI=1S/C15H23N5O3S.ClH/c1-11-13-7-12(8-16-14(13)20(2)19-11)24(21,22)18-9-15(10-23-3)5-4-6-17-15;/h7-8,17-18H,4-6,9-10H2,1-3H3;1H. The lowest BCUT2D eigenvalue weighted by molar-refractivity contribution is 0.122. The summed E-state index contributed by atoms with van der Waals surface area (Å²) in [6, 6.07) is 1.62. The molecule has 0 saturated carbocycles. The maximum absolute atomic E-state index is 12.7. The largest absolute Gasteiger partial charge is 0.383 e. The minimum absolute atomic E-state index is 0. The minimum atomic E-state index is -3.65. The molecular weight excluding hydrogens is 366 g/mol. The summed E-state index contributed by atoms with van der Waals surface area (Å²) in [6.07, 6.45) is 3.26. The van der Waals surface area contributed by atoms with Crippen molar-refractivity contribution in [2.45, 2.75) is 30.2 Å². The highest BCUT2D eigenvalue weighted by Gasteiger charge is 2.35. The number of hydrogen-bond acceptors (Lipinski definition) is 6. The lowest BCUT2D eigenvalue weighted by Crippen LogP contribution is -2.52. The van der Waals surface area contributed by atoms with E-state index in [0.717, 1.165) is 30.5 Å². The Morgan fingerprint density at radius 2 is 2.24 bits per heavy atom. The summed E-state index contributed by atoms with van der Waals surface area (Å²) in [6.45, 7) is 3.46. The highest BCUT2D eigenvalue weighted by Crippen LogP contribution is 2.22. The van der Waals surface area contributed by atoms with Crippen molar-refractivity contribution < 1.29 is 13.2 Å². The Morgan fingerprint density at radius 3 is 2.88 bits per heavy atom. The molecule has 3 rings (SSSR count). The molecule has 10 heteroatoms. The van der Waals surface area contributed by atoms with Crippen LogP contribution in [0.15, 0.2) is 17.2 Å². The highest BCUT2D eigenvalue weighted by molar-refractivity contribution is 7.89. The third kappa shape index (κ3) is 3.95. The fourth-order valence-corrected chi connectivity index (χ4v) is 4.32. The van der Waals surface area contributed by atoms with E-state index in [1.807, 2.05) is 6.92 Å². The van der Waals surface area contributed by atoms with Crippen LogP contribution in [0.25, 0.3) is 11.0 Å². The molecule has 140 valence electrons. The van der Waals surface area contributed by atoms with E-state index in [1.54, 1.807) is 24.9 Å². The highest BCUT2D eigenvalue weighted by atomic mass is 35.5. The summed E-state index contributed by atoms with van der Waals surface area (Å²) in [5.41, 5.74) is 1.08. The molecule has 0 bridgehead atoms. The Hall–Kier alpha value is -1.26. The van der Waals surface area contributed by atoms with Gasteiger partial charge < -0.3 is 10.1 Å². The van der Waals surface area contributed by atoms with Gasteiger partial charge in [0, 0.05) is 32.3 Å². The number of aryl methyl sites for hydroxylation is 2. The van der Waals surface area contributed by atoms with Crippen molar-refractivity contribution in [3.8, 4) is 0 Å². The van der Waals surface area contributed by atoms with Crippen LogP contribution in [-0.2, 0) is 21.8 Å². The number of fused-ring (bicyclic) bond motifs is 1. The summed E-state index contributed by atoms with van der Waals surface area (Å²) in [4.78, 5) is 4.39. The monoisotopic (exact) mass is 389 g/mol. The van der Waals surface area contributed by atoms with Gasteiger partial charge in [0.15, 0.2) is 5.65 Å². The Labute approximate surface area is 153 Å². The van der Waals surface area contributed by atoms with Crippen molar-refractivity contribution in [2.75, 3.05) is 26.8 Å². The van der Waals surface area contributed by atoms with Crippen molar-refractivity contribution in [3.05, 3.63) is 18.0 Å². The average Bonchev–Trinajstić information content (AvgIpc) is 3.12. The molecule has 2 aromatic rings. The van der Waals surface area contributed by atoms with Gasteiger partial charge in [0.1, 0.15) is 4.90 Å². The van der Waals surface area contributed by atoms with Gasteiger partial charge in [-0.1, -0.05) is 0 Å². The number of hydrogen-bond donors (Lipinski definition) is 2. The minimum Gasteiger partial charge on any atom is -0.383 e. The van der Waals surface area contributed by atoms with E-state index < -0.39 is 10.0 Å². The lowest BCUT2D eigenvalue weighted by Gasteiger charge is -2.28. The van der Waals surface area contributed by atoms with Crippen LogP contribution in [0.3, 0.4) is 0 Å². The summed E-state index contributed by atoms with van der Waals surface area (Å²) in [5.74, 6) is 0. The molecule has 1 aliphatic rings. The molecule has 0 aromatic carbocycles. The SMILES string of the molecule is COCC1(CNS(=O)(=O)c2cnc3c(c2)c(C)nn3C)CCCN1.Cl. The van der Waals surface area contributed by atoms with Gasteiger partial charge in [-0.05, 0) is 32.4 Å². The molecule has 1 aliphatic heterocycles. The van der Waals surface area contributed by atoms with Crippen LogP contribution in [0.2, 0.25) is 0 Å². The zero-order valence-electron chi connectivity index (χ0n) is 14.6. The van der Waals surface area contributed by atoms with E-state index in [4.69, 9.17) is 4.74 Å². The van der Waals surface area contributed by atoms with Crippen molar-refractivity contribution in [2.24, 2.45) is 7.05 Å². The van der Waals surface area contributed by atoms with Crippen LogP contribution in [-0.4, -0.2) is 55.5 Å². The van der Waals surface area contributed by atoms with Gasteiger partial charge in [-0.25, -0.2) is 18.1 Å². The molecule has 3 heterocycles. The molecule has 8 nitrogen and oxygen atoms in total. The smallest absolute Gasteiger partial charge is 0.242 e. The lowest BCUT2D eigenvalue weighted by atomic mass is 9.99. The van der Waals surface area contributed by atoms with Gasteiger partial charge in [-0.3, -0.25) is 4.68 Å². The first-order valence-corrected chi connectivity index (χ1v) is 9.38. The van der Waals surface area contributed by atoms with E-state index in [1.165, 1.54) is 6.20 Å². The molecule has 2 aromatic heterocycles. The number of halogens is 1. The van der Waals surface area contributed by atoms with Crippen LogP contribution >= 0.6 is 12.4 Å². The number of pyridine rings is 1. The second-order valence-corrected chi connectivity index (χ2v) is 8.09. The van der Waals surface area contributed by atoms with E-state index >= 15 is 0 Å². The van der Waals surface area contributed by atoms with Gasteiger partial charge in [0.25, 0.3) is 0 Å². The summed E-state index contributed by atoms with van der Waals surface area (Å²) >= 11 is 0. The third-order valence-electron chi connectivity index (χ3n) is 4.50. The zero-order chi connectivity index (χ0) is 17.4. The van der Waals surface area contributed by atoms with Gasteiger partial charge in [-0.2, -0.15) is 5.10 Å². The molecular formula is C15H24ClN5O3S. The quantitative estimate of drug-likeness (QED) is 0.756. The number of sulfonamides is 1. The first-order valence-electron chi connectivity index (χ1n) is 7.90. The van der Waals surface area contributed by atoms with Crippen molar-refractivity contribution in [1.29, 1.82) is 0 Å². The fourth-order valence-electron chi connectivity index (χ4n) is 3.22. The van der Waals surface area contributed by atoms with Gasteiger partial charge in [0.2, 0.25) is 10.0 Å². The van der Waals surface area contributed by atoms with Gasteiger partial charge >= 0.3 is 0 Å². The van der Waals surface area contributed by atoms with E-state index in [0.29, 0.717) is 12.3 Å². The zero-order valence-corrected chi connectivity index (χ0v) is 16.2. The molecule has 1 saturated heterocycles. The van der Waals surface area contributed by atoms with E-state index in [-0.39, 0.29) is 29.4 Å². The second kappa shape index (κ2) is 7.55. The fraction of sp³-hybridized carbons (Fsp3) is 0.600. The molecule has 0 aliphatic carbocycles. The second-order valence-electron chi connectivity index (χ2n) is 6.32. The number of nitrogens with one attached hydrogen (secondary N) is 2. The number of aromatic nitrogens is 3. The van der Waals surface area contributed by atoms with Crippen molar-refractivity contribution in [3.63, 3.8) is 0 Å². The normalized spacial score (nSPS) is 20.8. The van der Waals surface area contributed by atoms with Crippen LogP contribution in [0.4, 0.5) is 0 Å². The molecule has 0 amide bonds. The summed E-state index contributed by atoms with van der Waals surface area (Å²) in [5, 5.41) is 8.37. The Bertz CT molecular complexity index is 846. The first kappa shape index (κ1) is 20.1. The molecule has 1 fully saturated rings. The van der Waals surface area contributed by atoms with Gasteiger partial charge in [0.05, 0.1) is 17.8 Å². The average molecular weight is 390 g/mol. The Morgan fingerprint density at radius 1 is 1.48 bits per heavy atom. The van der Waals surface area contributed by atoms with Gasteiger partial charge in [-0.15, -0.1) is 12.4 Å². The maximum Gasteiger partial charge on any atom is 0.242 e. The number of ether oxygens (including phenoxy) is 1. The number of rotatable bonds is 6. The molecule has 0 radical (unpaired) electrons. The first-order chi connectivity index (χ1) is 11.4. The maximum atomic E-state index is 12.7. The molecule has 0 spiro atoms. The Balaban J connectivity index is 0.00000225. The molecule has 2 N–H and O–H groups in total. The topological polar surface area (TPSA) is 98.1 Å². The molecule has 1 unspecified atom stereocenters. The van der Waals surface area contributed by atoms with Crippen molar-refractivity contribution in [1.82, 2.24) is 24.8 Å². The predicted molar refractivity (Wildman–Crippen MR) is 97.5 cm³/mol. The van der Waals surface area contributed by atoms with Crippen LogP contribution in [0, 0.1) is 6.92 Å². The third-order valence-corrected chi connectivity index (χ3v) is 5.87. The molecule has 1 atom stereocenters. The summed E-state index contributed by atoms with van der Waals surface area (Å²) < 4.78 is 34.9. The van der Waals surface area contributed by atoms with Crippen LogP contribution < -0.4 is 10.0 Å². The van der Waals surface area contributed by atoms with Crippen LogP contribution in [0.1, 0.15) is 18.5 Å².